The number of ether oxygens (including phenoxy) is 2. The maximum Gasteiger partial charge on any atom is 0.254 e. The summed E-state index contributed by atoms with van der Waals surface area (Å²) in [6.45, 7) is 6.53. The molecular formula is C22H24N4O3S. The molecule has 1 saturated heterocycles. The summed E-state index contributed by atoms with van der Waals surface area (Å²) in [6, 6.07) is 7.49. The number of allylic oxidation sites excluding steroid dienone is 1. The molecule has 1 aromatic carbocycles. The number of pyridine rings is 1. The second kappa shape index (κ2) is 8.71. The van der Waals surface area contributed by atoms with Gasteiger partial charge in [-0.2, -0.15) is 0 Å². The highest BCUT2D eigenvalue weighted by molar-refractivity contribution is 7.21. The molecule has 0 N–H and O–H groups in total. The summed E-state index contributed by atoms with van der Waals surface area (Å²) in [7, 11) is 3.18. The number of fused-ring (bicyclic) bond motifs is 1. The fourth-order valence-corrected chi connectivity index (χ4v) is 4.61. The summed E-state index contributed by atoms with van der Waals surface area (Å²) in [5.41, 5.74) is 2.40. The molecule has 1 aliphatic heterocycles. The van der Waals surface area contributed by atoms with Gasteiger partial charge in [0.05, 0.1) is 14.2 Å². The third-order valence-corrected chi connectivity index (χ3v) is 6.20. The van der Waals surface area contributed by atoms with Crippen molar-refractivity contribution in [3.05, 3.63) is 54.2 Å². The molecule has 1 fully saturated rings. The van der Waals surface area contributed by atoms with E-state index in [1.54, 1.807) is 43.9 Å². The number of amides is 1. The van der Waals surface area contributed by atoms with Crippen LogP contribution in [0.15, 0.2) is 43.1 Å². The van der Waals surface area contributed by atoms with E-state index in [9.17, 15) is 4.79 Å². The summed E-state index contributed by atoms with van der Waals surface area (Å²) in [5, 5.41) is 0.954. The average Bonchev–Trinajstić information content (AvgIpc) is 3.22. The van der Waals surface area contributed by atoms with Crippen LogP contribution in [0.25, 0.3) is 10.3 Å². The first kappa shape index (κ1) is 20.2. The number of aromatic nitrogens is 2. The van der Waals surface area contributed by atoms with E-state index in [-0.39, 0.29) is 5.91 Å². The second-order valence-electron chi connectivity index (χ2n) is 6.97. The van der Waals surface area contributed by atoms with Gasteiger partial charge in [0.1, 0.15) is 10.3 Å². The first-order valence-electron chi connectivity index (χ1n) is 9.76. The monoisotopic (exact) mass is 424 g/mol. The predicted molar refractivity (Wildman–Crippen MR) is 119 cm³/mol. The Bertz CT molecular complexity index is 1040. The standard InChI is InChI=1S/C22H24N4O3S/c1-4-6-15-13-16(14-18(28-2)19(15)29-3)21(27)25-9-11-26(12-10-25)22-24-17-7-5-8-23-20(17)30-22/h4-5,7-8,13-14H,1,6,9-12H2,2-3H3. The number of thiazole rings is 1. The van der Waals surface area contributed by atoms with E-state index in [1.807, 2.05) is 23.1 Å². The lowest BCUT2D eigenvalue weighted by molar-refractivity contribution is 0.0746. The van der Waals surface area contributed by atoms with Crippen molar-refractivity contribution in [2.75, 3.05) is 45.3 Å². The summed E-state index contributed by atoms with van der Waals surface area (Å²) >= 11 is 1.59. The molecule has 3 heterocycles. The van der Waals surface area contributed by atoms with Crippen LogP contribution in [0, 0.1) is 0 Å². The van der Waals surface area contributed by atoms with Gasteiger partial charge in [0.15, 0.2) is 16.6 Å². The number of hydrogen-bond acceptors (Lipinski definition) is 7. The lowest BCUT2D eigenvalue weighted by Gasteiger charge is -2.34. The zero-order chi connectivity index (χ0) is 21.1. The van der Waals surface area contributed by atoms with E-state index < -0.39 is 0 Å². The number of piperazine rings is 1. The van der Waals surface area contributed by atoms with E-state index >= 15 is 0 Å². The molecule has 0 atom stereocenters. The van der Waals surface area contributed by atoms with Gasteiger partial charge < -0.3 is 19.3 Å². The van der Waals surface area contributed by atoms with Crippen LogP contribution in [0.2, 0.25) is 0 Å². The largest absolute Gasteiger partial charge is 0.493 e. The molecule has 156 valence electrons. The third-order valence-electron chi connectivity index (χ3n) is 5.16. The molecule has 0 bridgehead atoms. The molecule has 8 heteroatoms. The van der Waals surface area contributed by atoms with Crippen LogP contribution in [0.1, 0.15) is 15.9 Å². The highest BCUT2D eigenvalue weighted by Crippen LogP contribution is 2.34. The zero-order valence-corrected chi connectivity index (χ0v) is 17.9. The maximum atomic E-state index is 13.2. The van der Waals surface area contributed by atoms with Crippen LogP contribution in [0.3, 0.4) is 0 Å². The molecule has 0 saturated carbocycles. The SMILES string of the molecule is C=CCc1cc(C(=O)N2CCN(c3nc4cccnc4s3)CC2)cc(OC)c1OC. The quantitative estimate of drug-likeness (QED) is 0.565. The van der Waals surface area contributed by atoms with Crippen molar-refractivity contribution in [2.24, 2.45) is 0 Å². The molecular weight excluding hydrogens is 400 g/mol. The first-order valence-corrected chi connectivity index (χ1v) is 10.6. The first-order chi connectivity index (χ1) is 14.6. The van der Waals surface area contributed by atoms with Gasteiger partial charge in [0.25, 0.3) is 5.91 Å². The molecule has 30 heavy (non-hydrogen) atoms. The lowest BCUT2D eigenvalue weighted by atomic mass is 10.0. The van der Waals surface area contributed by atoms with Crippen LogP contribution in [0.4, 0.5) is 5.13 Å². The van der Waals surface area contributed by atoms with Crippen LogP contribution in [-0.2, 0) is 6.42 Å². The number of anilines is 1. The maximum absolute atomic E-state index is 13.2. The van der Waals surface area contributed by atoms with E-state index in [0.29, 0.717) is 36.6 Å². The van der Waals surface area contributed by atoms with Crippen molar-refractivity contribution >= 4 is 32.7 Å². The van der Waals surface area contributed by atoms with Crippen molar-refractivity contribution in [2.45, 2.75) is 6.42 Å². The zero-order valence-electron chi connectivity index (χ0n) is 17.1. The summed E-state index contributed by atoms with van der Waals surface area (Å²) in [4.78, 5) is 27.2. The Kier molecular flexibility index (Phi) is 5.85. The van der Waals surface area contributed by atoms with Gasteiger partial charge in [-0.15, -0.1) is 6.58 Å². The van der Waals surface area contributed by atoms with Gasteiger partial charge in [-0.25, -0.2) is 9.97 Å². The Morgan fingerprint density at radius 1 is 1.23 bits per heavy atom. The van der Waals surface area contributed by atoms with E-state index in [4.69, 9.17) is 9.47 Å². The fraction of sp³-hybridized carbons (Fsp3) is 0.318. The molecule has 7 nitrogen and oxygen atoms in total. The second-order valence-corrected chi connectivity index (χ2v) is 7.92. The minimum atomic E-state index is -0.00752. The summed E-state index contributed by atoms with van der Waals surface area (Å²) < 4.78 is 10.9. The molecule has 4 rings (SSSR count). The van der Waals surface area contributed by atoms with Gasteiger partial charge >= 0.3 is 0 Å². The van der Waals surface area contributed by atoms with Crippen LogP contribution in [0.5, 0.6) is 11.5 Å². The molecule has 3 aromatic rings. The van der Waals surface area contributed by atoms with Crippen molar-refractivity contribution in [1.29, 1.82) is 0 Å². The van der Waals surface area contributed by atoms with Gasteiger partial charge in [0.2, 0.25) is 0 Å². The smallest absolute Gasteiger partial charge is 0.254 e. The van der Waals surface area contributed by atoms with Crippen LogP contribution in [-0.4, -0.2) is 61.2 Å². The van der Waals surface area contributed by atoms with Gasteiger partial charge in [0, 0.05) is 43.5 Å². The minimum absolute atomic E-state index is 0.00752. The Labute approximate surface area is 179 Å². The van der Waals surface area contributed by atoms with Gasteiger partial charge in [-0.3, -0.25) is 4.79 Å². The van der Waals surface area contributed by atoms with Crippen molar-refractivity contribution in [1.82, 2.24) is 14.9 Å². The number of carbonyl (C=O) groups excluding carboxylic acids is 1. The summed E-state index contributed by atoms with van der Waals surface area (Å²) in [6.07, 6.45) is 4.17. The van der Waals surface area contributed by atoms with E-state index in [1.165, 1.54) is 0 Å². The molecule has 0 unspecified atom stereocenters. The number of hydrogen-bond donors (Lipinski definition) is 0. The van der Waals surface area contributed by atoms with Crippen LogP contribution < -0.4 is 14.4 Å². The molecule has 0 spiro atoms. The highest BCUT2D eigenvalue weighted by atomic mass is 32.1. The normalized spacial score (nSPS) is 14.1. The highest BCUT2D eigenvalue weighted by Gasteiger charge is 2.25. The van der Waals surface area contributed by atoms with Crippen LogP contribution >= 0.6 is 11.3 Å². The van der Waals surface area contributed by atoms with Gasteiger partial charge in [-0.05, 0) is 30.7 Å². The van der Waals surface area contributed by atoms with E-state index in [2.05, 4.69) is 21.4 Å². The molecule has 0 radical (unpaired) electrons. The summed E-state index contributed by atoms with van der Waals surface area (Å²) in [5.74, 6) is 1.19. The molecule has 2 aromatic heterocycles. The molecule has 0 aliphatic carbocycles. The Morgan fingerprint density at radius 3 is 2.70 bits per heavy atom. The van der Waals surface area contributed by atoms with Crippen molar-refractivity contribution in [3.8, 4) is 11.5 Å². The fourth-order valence-electron chi connectivity index (χ4n) is 3.65. The van der Waals surface area contributed by atoms with Crippen molar-refractivity contribution < 1.29 is 14.3 Å². The Hall–Kier alpha value is -3.13. The average molecular weight is 425 g/mol. The van der Waals surface area contributed by atoms with Crippen molar-refractivity contribution in [3.63, 3.8) is 0 Å². The number of benzene rings is 1. The lowest BCUT2D eigenvalue weighted by Crippen LogP contribution is -2.48. The minimum Gasteiger partial charge on any atom is -0.493 e. The number of carbonyl (C=O) groups is 1. The molecule has 1 amide bonds. The van der Waals surface area contributed by atoms with Gasteiger partial charge in [-0.1, -0.05) is 17.4 Å². The Morgan fingerprint density at radius 2 is 2.03 bits per heavy atom. The topological polar surface area (TPSA) is 67.8 Å². The Balaban J connectivity index is 1.50. The molecule has 1 aliphatic rings. The third kappa shape index (κ3) is 3.82. The number of nitrogens with zero attached hydrogens (tertiary/aromatic N) is 4. The van der Waals surface area contributed by atoms with E-state index in [0.717, 1.165) is 34.1 Å². The predicted octanol–water partition coefficient (Wildman–Crippen LogP) is 3.40. The number of methoxy groups -OCH3 is 2. The number of rotatable bonds is 6.